The second-order valence-corrected chi connectivity index (χ2v) is 7.34. The molecule has 2 unspecified atom stereocenters. The molecule has 0 aromatic heterocycles. The predicted octanol–water partition coefficient (Wildman–Crippen LogP) is 7.18. The van der Waals surface area contributed by atoms with Gasteiger partial charge < -0.3 is 0 Å². The van der Waals surface area contributed by atoms with Crippen molar-refractivity contribution >= 4 is 11.1 Å². The summed E-state index contributed by atoms with van der Waals surface area (Å²) in [5.41, 5.74) is 8.31. The molecule has 0 N–H and O–H groups in total. The van der Waals surface area contributed by atoms with Crippen LogP contribution in [0.15, 0.2) is 121 Å². The molecule has 0 radical (unpaired) electrons. The topological polar surface area (TPSA) is 0 Å². The lowest BCUT2D eigenvalue weighted by molar-refractivity contribution is 0.720. The minimum absolute atomic E-state index is 0.362. The first-order valence-electron chi connectivity index (χ1n) is 9.88. The van der Waals surface area contributed by atoms with Gasteiger partial charge in [0.25, 0.3) is 0 Å². The fourth-order valence-corrected chi connectivity index (χ4v) is 4.52. The third-order valence-corrected chi connectivity index (χ3v) is 5.73. The standard InChI is InChI=1S/C28H22/c1-5-13-21(14-6-1)25-26(22-15-7-2-8-16-22)28(24-19-11-4-12-20-24)27(25)23-17-9-3-10-18-23/h1-20,25-26H. The van der Waals surface area contributed by atoms with E-state index in [2.05, 4.69) is 121 Å². The highest BCUT2D eigenvalue weighted by atomic mass is 14.4. The third kappa shape index (κ3) is 2.88. The molecule has 0 saturated carbocycles. The molecule has 0 amide bonds. The van der Waals surface area contributed by atoms with Crippen LogP contribution < -0.4 is 0 Å². The summed E-state index contributed by atoms with van der Waals surface area (Å²) in [6.07, 6.45) is 0. The van der Waals surface area contributed by atoms with E-state index >= 15 is 0 Å². The maximum absolute atomic E-state index is 2.27. The Morgan fingerprint density at radius 2 is 0.607 bits per heavy atom. The molecule has 134 valence electrons. The molecule has 5 rings (SSSR count). The van der Waals surface area contributed by atoms with Crippen molar-refractivity contribution in [3.63, 3.8) is 0 Å². The van der Waals surface area contributed by atoms with E-state index in [0.29, 0.717) is 11.8 Å². The minimum Gasteiger partial charge on any atom is -0.0622 e. The smallest absolute Gasteiger partial charge is 0.0208 e. The van der Waals surface area contributed by atoms with E-state index in [-0.39, 0.29) is 0 Å². The van der Waals surface area contributed by atoms with Crippen LogP contribution >= 0.6 is 0 Å². The van der Waals surface area contributed by atoms with Crippen LogP contribution in [0.1, 0.15) is 34.1 Å². The molecular formula is C28H22. The number of hydrogen-bond donors (Lipinski definition) is 0. The van der Waals surface area contributed by atoms with Gasteiger partial charge in [-0.15, -0.1) is 0 Å². The van der Waals surface area contributed by atoms with Crippen LogP contribution in [-0.4, -0.2) is 0 Å². The summed E-state index contributed by atoms with van der Waals surface area (Å²) in [6, 6.07) is 43.6. The van der Waals surface area contributed by atoms with Crippen LogP contribution in [0.2, 0.25) is 0 Å². The van der Waals surface area contributed by atoms with Crippen molar-refractivity contribution in [1.29, 1.82) is 0 Å². The quantitative estimate of drug-likeness (QED) is 0.362. The molecule has 2 atom stereocenters. The Balaban J connectivity index is 1.77. The summed E-state index contributed by atoms with van der Waals surface area (Å²) < 4.78 is 0. The molecule has 0 bridgehead atoms. The number of hydrogen-bond acceptors (Lipinski definition) is 0. The summed E-state index contributed by atoms with van der Waals surface area (Å²) in [4.78, 5) is 0. The molecule has 0 heterocycles. The molecule has 4 aromatic carbocycles. The van der Waals surface area contributed by atoms with Crippen molar-refractivity contribution in [2.75, 3.05) is 0 Å². The highest BCUT2D eigenvalue weighted by Gasteiger charge is 2.42. The molecular weight excluding hydrogens is 336 g/mol. The van der Waals surface area contributed by atoms with Crippen LogP contribution in [0.25, 0.3) is 11.1 Å². The van der Waals surface area contributed by atoms with Crippen LogP contribution in [0.3, 0.4) is 0 Å². The van der Waals surface area contributed by atoms with E-state index in [1.165, 1.54) is 33.4 Å². The van der Waals surface area contributed by atoms with Crippen LogP contribution in [0, 0.1) is 0 Å². The molecule has 1 aliphatic carbocycles. The molecule has 28 heavy (non-hydrogen) atoms. The summed E-state index contributed by atoms with van der Waals surface area (Å²) in [7, 11) is 0. The van der Waals surface area contributed by atoms with E-state index in [1.807, 2.05) is 0 Å². The average Bonchev–Trinajstić information content (AvgIpc) is 2.76. The average molecular weight is 358 g/mol. The Hall–Kier alpha value is -3.38. The van der Waals surface area contributed by atoms with E-state index in [4.69, 9.17) is 0 Å². The zero-order valence-corrected chi connectivity index (χ0v) is 15.7. The van der Waals surface area contributed by atoms with Gasteiger partial charge in [-0.2, -0.15) is 0 Å². The molecule has 0 spiro atoms. The number of allylic oxidation sites excluding steroid dienone is 2. The van der Waals surface area contributed by atoms with Crippen molar-refractivity contribution in [3.8, 4) is 0 Å². The van der Waals surface area contributed by atoms with Crippen LogP contribution in [0.4, 0.5) is 0 Å². The van der Waals surface area contributed by atoms with Gasteiger partial charge in [0.2, 0.25) is 0 Å². The highest BCUT2D eigenvalue weighted by Crippen LogP contribution is 2.61. The van der Waals surface area contributed by atoms with Crippen molar-refractivity contribution < 1.29 is 0 Å². The summed E-state index contributed by atoms with van der Waals surface area (Å²) in [5.74, 6) is 0.724. The summed E-state index contributed by atoms with van der Waals surface area (Å²) in [6.45, 7) is 0. The summed E-state index contributed by atoms with van der Waals surface area (Å²) >= 11 is 0. The van der Waals surface area contributed by atoms with Gasteiger partial charge in [-0.25, -0.2) is 0 Å². The fraction of sp³-hybridized carbons (Fsp3) is 0.0714. The normalized spacial score (nSPS) is 18.6. The monoisotopic (exact) mass is 358 g/mol. The Labute approximate surface area is 166 Å². The Kier molecular flexibility index (Phi) is 4.39. The lowest BCUT2D eigenvalue weighted by Gasteiger charge is -2.44. The molecule has 0 heteroatoms. The zero-order chi connectivity index (χ0) is 18.8. The molecule has 1 aliphatic rings. The second-order valence-electron chi connectivity index (χ2n) is 7.34. The maximum atomic E-state index is 2.27. The SMILES string of the molecule is c1ccc(C2=C(c3ccccc3)C(c3ccccc3)C2c2ccccc2)cc1. The molecule has 0 nitrogen and oxygen atoms in total. The van der Waals surface area contributed by atoms with Crippen LogP contribution in [0.5, 0.6) is 0 Å². The predicted molar refractivity (Wildman–Crippen MR) is 118 cm³/mol. The molecule has 0 aliphatic heterocycles. The van der Waals surface area contributed by atoms with Gasteiger partial charge >= 0.3 is 0 Å². The number of rotatable bonds is 4. The van der Waals surface area contributed by atoms with Crippen molar-refractivity contribution in [2.45, 2.75) is 11.8 Å². The Morgan fingerprint density at radius 3 is 0.929 bits per heavy atom. The minimum atomic E-state index is 0.362. The van der Waals surface area contributed by atoms with Gasteiger partial charge in [-0.3, -0.25) is 0 Å². The highest BCUT2D eigenvalue weighted by molar-refractivity contribution is 6.04. The molecule has 0 saturated heterocycles. The first-order chi connectivity index (χ1) is 13.9. The maximum Gasteiger partial charge on any atom is 0.0208 e. The Bertz CT molecular complexity index is 987. The van der Waals surface area contributed by atoms with Gasteiger partial charge in [-0.1, -0.05) is 121 Å². The first kappa shape index (κ1) is 16.8. The zero-order valence-electron chi connectivity index (χ0n) is 15.7. The van der Waals surface area contributed by atoms with Crippen LogP contribution in [-0.2, 0) is 0 Å². The van der Waals surface area contributed by atoms with Gasteiger partial charge in [0, 0.05) is 11.8 Å². The van der Waals surface area contributed by atoms with Gasteiger partial charge in [0.05, 0.1) is 0 Å². The van der Waals surface area contributed by atoms with Crippen molar-refractivity contribution in [2.24, 2.45) is 0 Å². The van der Waals surface area contributed by atoms with Crippen molar-refractivity contribution in [3.05, 3.63) is 144 Å². The second kappa shape index (κ2) is 7.32. The van der Waals surface area contributed by atoms with E-state index in [0.717, 1.165) is 0 Å². The largest absolute Gasteiger partial charge is 0.0622 e. The van der Waals surface area contributed by atoms with E-state index in [9.17, 15) is 0 Å². The lowest BCUT2D eigenvalue weighted by Crippen LogP contribution is -2.26. The van der Waals surface area contributed by atoms with E-state index < -0.39 is 0 Å². The molecule has 0 fully saturated rings. The van der Waals surface area contributed by atoms with Gasteiger partial charge in [0.15, 0.2) is 0 Å². The van der Waals surface area contributed by atoms with Gasteiger partial charge in [0.1, 0.15) is 0 Å². The lowest BCUT2D eigenvalue weighted by atomic mass is 9.59. The van der Waals surface area contributed by atoms with Gasteiger partial charge in [-0.05, 0) is 33.4 Å². The number of benzene rings is 4. The van der Waals surface area contributed by atoms with Crippen molar-refractivity contribution in [1.82, 2.24) is 0 Å². The third-order valence-electron chi connectivity index (χ3n) is 5.73. The summed E-state index contributed by atoms with van der Waals surface area (Å²) in [5, 5.41) is 0. The first-order valence-corrected chi connectivity index (χ1v) is 9.88. The van der Waals surface area contributed by atoms with E-state index in [1.54, 1.807) is 0 Å². The fourth-order valence-electron chi connectivity index (χ4n) is 4.52. The Morgan fingerprint density at radius 1 is 0.321 bits per heavy atom. The molecule has 4 aromatic rings.